The van der Waals surface area contributed by atoms with Crippen LogP contribution >= 0.6 is 0 Å². The SMILES string of the molecule is CC(C)C[C@H](NC(=O)[C@H](CCCN=C(N)N)NC(=O)[C@H](Cc1c[nH]c2ccccc12)NC(=O)[C@H](CCCN=C(N)N)NC(=O)[C@H](Cc1c[nH]c2ccccc12)NC(=O)[C@H](Cc1c[nH]c2ccccc12)NC(=O)[C@H](CC(N)=O)NC(=O)[C@H](CC(C)C)NC(=O)[C@H](CC(C)C)NC(=O)[C@@H](N)C(C)C)C(=O)O. The minimum atomic E-state index is -1.76. The molecular formula is C72H104N20O12. The predicted octanol–water partition coefficient (Wildman–Crippen LogP) is 0.710. The van der Waals surface area contributed by atoms with Gasteiger partial charge < -0.3 is 102 Å². The van der Waals surface area contributed by atoms with Crippen LogP contribution in [-0.4, -0.2) is 171 Å². The van der Waals surface area contributed by atoms with Crippen LogP contribution in [0.3, 0.4) is 0 Å². The van der Waals surface area contributed by atoms with Gasteiger partial charge in [0.1, 0.15) is 54.4 Å². The third kappa shape index (κ3) is 25.2. The van der Waals surface area contributed by atoms with Crippen LogP contribution in [0.2, 0.25) is 0 Å². The molecule has 564 valence electrons. The first-order chi connectivity index (χ1) is 49.3. The Morgan fingerprint density at radius 3 is 0.990 bits per heavy atom. The number of nitrogens with one attached hydrogen (secondary N) is 12. The summed E-state index contributed by atoms with van der Waals surface area (Å²) in [5.74, 6) is -11.3. The van der Waals surface area contributed by atoms with Crippen LogP contribution in [-0.2, 0) is 72.0 Å². The van der Waals surface area contributed by atoms with Crippen molar-refractivity contribution in [1.82, 2.24) is 62.8 Å². The quantitative estimate of drug-likeness (QED) is 0.0143. The second kappa shape index (κ2) is 39.4. The van der Waals surface area contributed by atoms with Gasteiger partial charge in [0.25, 0.3) is 0 Å². The number of aliphatic imine (C=N–C) groups is 2. The molecule has 0 saturated heterocycles. The number of benzene rings is 3. The summed E-state index contributed by atoms with van der Waals surface area (Å²) >= 11 is 0. The highest BCUT2D eigenvalue weighted by Gasteiger charge is 2.38. The van der Waals surface area contributed by atoms with Crippen molar-refractivity contribution in [3.8, 4) is 0 Å². The van der Waals surface area contributed by atoms with E-state index in [1.807, 2.05) is 19.9 Å². The number of carbonyl (C=O) groups excluding carboxylic acids is 10. The van der Waals surface area contributed by atoms with Crippen molar-refractivity contribution < 1.29 is 57.8 Å². The average molecular weight is 1440 g/mol. The summed E-state index contributed by atoms with van der Waals surface area (Å²) < 4.78 is 0. The number of amides is 10. The zero-order chi connectivity index (χ0) is 76.5. The number of carboxylic acid groups (broad SMARTS) is 1. The third-order valence-electron chi connectivity index (χ3n) is 17.4. The Morgan fingerprint density at radius 1 is 0.385 bits per heavy atom. The molecule has 0 radical (unpaired) electrons. The van der Waals surface area contributed by atoms with Gasteiger partial charge in [-0.25, -0.2) is 4.79 Å². The van der Waals surface area contributed by atoms with Gasteiger partial charge in [-0.2, -0.15) is 0 Å². The topological polar surface area (TPSA) is 544 Å². The van der Waals surface area contributed by atoms with E-state index in [1.54, 1.807) is 127 Å². The highest BCUT2D eigenvalue weighted by Crippen LogP contribution is 2.24. The molecule has 10 atom stereocenters. The van der Waals surface area contributed by atoms with Crippen LogP contribution in [0.1, 0.15) is 123 Å². The fraction of sp³-hybridized carbons (Fsp3) is 0.486. The Labute approximate surface area is 603 Å². The van der Waals surface area contributed by atoms with Gasteiger partial charge in [-0.15, -0.1) is 0 Å². The van der Waals surface area contributed by atoms with E-state index < -0.39 is 132 Å². The van der Waals surface area contributed by atoms with E-state index in [2.05, 4.69) is 72.8 Å². The fourth-order valence-electron chi connectivity index (χ4n) is 12.0. The Balaban J connectivity index is 1.38. The van der Waals surface area contributed by atoms with Gasteiger partial charge in [0.2, 0.25) is 59.1 Å². The largest absolute Gasteiger partial charge is 0.480 e. The molecule has 32 heteroatoms. The molecule has 6 aromatic rings. The van der Waals surface area contributed by atoms with Gasteiger partial charge in [-0.05, 0) is 104 Å². The minimum Gasteiger partial charge on any atom is -0.480 e. The minimum absolute atomic E-state index is 0.0301. The molecule has 6 rings (SSSR count). The Kier molecular flexibility index (Phi) is 31.0. The first-order valence-electron chi connectivity index (χ1n) is 35.0. The highest BCUT2D eigenvalue weighted by molar-refractivity contribution is 6.01. The van der Waals surface area contributed by atoms with Gasteiger partial charge in [0.05, 0.1) is 12.5 Å². The smallest absolute Gasteiger partial charge is 0.326 e. The van der Waals surface area contributed by atoms with E-state index in [-0.39, 0.29) is 113 Å². The van der Waals surface area contributed by atoms with E-state index in [1.165, 1.54) is 0 Å². The van der Waals surface area contributed by atoms with Crippen molar-refractivity contribution in [2.45, 2.75) is 186 Å². The molecule has 3 aromatic heterocycles. The van der Waals surface area contributed by atoms with Crippen LogP contribution < -0.4 is 82.3 Å². The van der Waals surface area contributed by atoms with Crippen molar-refractivity contribution in [3.63, 3.8) is 0 Å². The van der Waals surface area contributed by atoms with Crippen LogP contribution in [0.25, 0.3) is 32.7 Å². The summed E-state index contributed by atoms with van der Waals surface area (Å²) in [7, 11) is 0. The molecule has 3 heterocycles. The molecule has 32 nitrogen and oxygen atoms in total. The maximum atomic E-state index is 15.5. The monoisotopic (exact) mass is 1440 g/mol. The molecule has 0 bridgehead atoms. The first kappa shape index (κ1) is 81.9. The van der Waals surface area contributed by atoms with Gasteiger partial charge >= 0.3 is 5.97 Å². The Morgan fingerprint density at radius 2 is 0.663 bits per heavy atom. The van der Waals surface area contributed by atoms with Crippen molar-refractivity contribution in [1.29, 1.82) is 0 Å². The van der Waals surface area contributed by atoms with Crippen LogP contribution in [0, 0.1) is 23.7 Å². The lowest BCUT2D eigenvalue weighted by atomic mass is 9.98. The number of hydrogen-bond acceptors (Lipinski definition) is 14. The molecule has 25 N–H and O–H groups in total. The zero-order valence-corrected chi connectivity index (χ0v) is 60.2. The van der Waals surface area contributed by atoms with Crippen LogP contribution in [0.4, 0.5) is 0 Å². The van der Waals surface area contributed by atoms with Crippen LogP contribution in [0.15, 0.2) is 101 Å². The van der Waals surface area contributed by atoms with Crippen LogP contribution in [0.5, 0.6) is 0 Å². The maximum absolute atomic E-state index is 15.5. The number of aromatic amines is 3. The zero-order valence-electron chi connectivity index (χ0n) is 60.2. The highest BCUT2D eigenvalue weighted by atomic mass is 16.4. The molecule has 0 aliphatic rings. The van der Waals surface area contributed by atoms with Gasteiger partial charge in [-0.1, -0.05) is 110 Å². The number of rotatable bonds is 42. The number of H-pyrrole nitrogens is 3. The van der Waals surface area contributed by atoms with Gasteiger partial charge in [0.15, 0.2) is 11.9 Å². The molecule has 10 amide bonds. The third-order valence-corrected chi connectivity index (χ3v) is 17.4. The van der Waals surface area contributed by atoms with Crippen molar-refractivity contribution in [2.75, 3.05) is 13.1 Å². The summed E-state index contributed by atoms with van der Waals surface area (Å²) in [6, 6.07) is 7.38. The normalized spacial score (nSPS) is 14.4. The molecule has 0 fully saturated rings. The molecular weight excluding hydrogens is 1340 g/mol. The first-order valence-corrected chi connectivity index (χ1v) is 35.0. The number of nitrogens with zero attached hydrogens (tertiary/aromatic N) is 2. The summed E-state index contributed by atoms with van der Waals surface area (Å²) in [5, 5.41) is 36.6. The molecule has 3 aromatic carbocycles. The van der Waals surface area contributed by atoms with E-state index in [9.17, 15) is 43.5 Å². The lowest BCUT2D eigenvalue weighted by molar-refractivity contribution is -0.143. The lowest BCUT2D eigenvalue weighted by Gasteiger charge is -2.29. The average Bonchev–Trinajstić information content (AvgIpc) is 1.65. The number of hydrogen-bond donors (Lipinski definition) is 19. The second-order valence-electron chi connectivity index (χ2n) is 27.8. The number of para-hydroxylation sites is 3. The lowest BCUT2D eigenvalue weighted by Crippen LogP contribution is -2.61. The second-order valence-corrected chi connectivity index (χ2v) is 27.8. The molecule has 0 unspecified atom stereocenters. The maximum Gasteiger partial charge on any atom is 0.326 e. The van der Waals surface area contributed by atoms with E-state index in [0.29, 0.717) is 49.4 Å². The number of primary amides is 1. The standard InChI is InChI=1S/C72H104N20O12/c1-37(2)27-52(86-64(97)53(28-38(3)4)91-69(102)60(74)40(7)8)63(96)90-57(33-59(73)93)68(101)89-56(32-43-36-83-49-22-14-11-19-46(43)49)67(100)88-55(31-42-35-82-48-21-13-10-18-45(42)48)66(99)84-50(23-15-25-79-71(75)76)61(94)87-54(30-41-34-81-47-20-12-9-17-44(41)47)65(98)85-51(24-16-26-80-72(77)78)62(95)92-58(70(103)104)29-39(5)6/h9-14,17-22,34-40,50-58,60,81-83H,15-16,23-33,74H2,1-8H3,(H2,73,93)(H,84,99)(H,85,98)(H,86,97)(H,87,94)(H,88,100)(H,89,101)(H,90,96)(H,91,102)(H,92,95)(H,103,104)(H4,75,76,79)(H4,77,78,80)/t50-,51-,52-,53-,54-,55-,56-,57-,58-,60-/m0/s1. The Hall–Kier alpha value is -11.0. The number of carbonyl (C=O) groups is 11. The van der Waals surface area contributed by atoms with Crippen molar-refractivity contribution in [3.05, 3.63) is 108 Å². The van der Waals surface area contributed by atoms with Crippen molar-refractivity contribution >= 4 is 110 Å². The van der Waals surface area contributed by atoms with E-state index in [0.717, 1.165) is 0 Å². The molecule has 0 aliphatic heterocycles. The summed E-state index contributed by atoms with van der Waals surface area (Å²) in [4.78, 5) is 175. The Bertz CT molecular complexity index is 4020. The van der Waals surface area contributed by atoms with Gasteiger partial charge in [0, 0.05) is 83.7 Å². The molecule has 0 saturated carbocycles. The summed E-state index contributed by atoms with van der Waals surface area (Å²) in [6.07, 6.45) is 3.64. The number of fused-ring (bicyclic) bond motifs is 3. The number of aliphatic carboxylic acids is 1. The summed E-state index contributed by atoms with van der Waals surface area (Å²) in [5.41, 5.74) is 38.1. The predicted molar refractivity (Wildman–Crippen MR) is 396 cm³/mol. The molecule has 0 spiro atoms. The number of carboxylic acids is 1. The van der Waals surface area contributed by atoms with E-state index >= 15 is 14.4 Å². The number of nitrogens with two attached hydrogens (primary N) is 6. The van der Waals surface area contributed by atoms with Crippen molar-refractivity contribution in [2.24, 2.45) is 68.1 Å². The number of aromatic nitrogens is 3. The summed E-state index contributed by atoms with van der Waals surface area (Å²) in [6.45, 7) is 14.4. The number of guanidine groups is 2. The molecule has 0 aliphatic carbocycles. The fourth-order valence-corrected chi connectivity index (χ4v) is 12.0. The van der Waals surface area contributed by atoms with E-state index in [4.69, 9.17) is 34.4 Å². The van der Waals surface area contributed by atoms with Gasteiger partial charge in [-0.3, -0.25) is 57.9 Å². The molecule has 104 heavy (non-hydrogen) atoms.